The molecule has 0 aromatic heterocycles. The van der Waals surface area contributed by atoms with E-state index in [0.717, 1.165) is 12.0 Å². The maximum Gasteiger partial charge on any atom is 0.240 e. The van der Waals surface area contributed by atoms with Gasteiger partial charge in [0.05, 0.1) is 17.4 Å². The van der Waals surface area contributed by atoms with Gasteiger partial charge < -0.3 is 4.74 Å². The van der Waals surface area contributed by atoms with Crippen LogP contribution >= 0.6 is 0 Å². The van der Waals surface area contributed by atoms with Gasteiger partial charge in [-0.2, -0.15) is 5.26 Å². The molecule has 1 rings (SSSR count). The summed E-state index contributed by atoms with van der Waals surface area (Å²) in [6, 6.07) is 8.36. The molecule has 6 heteroatoms. The molecule has 0 spiro atoms. The molecule has 0 saturated heterocycles. The Labute approximate surface area is 120 Å². The fourth-order valence-corrected chi connectivity index (χ4v) is 2.66. The van der Waals surface area contributed by atoms with E-state index in [9.17, 15) is 8.42 Å². The highest BCUT2D eigenvalue weighted by atomic mass is 32.2. The Morgan fingerprint density at radius 1 is 1.25 bits per heavy atom. The van der Waals surface area contributed by atoms with Crippen molar-refractivity contribution in [1.29, 1.82) is 5.26 Å². The fraction of sp³-hybridized carbons (Fsp3) is 0.500. The van der Waals surface area contributed by atoms with E-state index in [1.807, 2.05) is 13.0 Å². The lowest BCUT2D eigenvalue weighted by molar-refractivity contribution is 0.133. The van der Waals surface area contributed by atoms with E-state index in [1.165, 1.54) is 12.1 Å². The minimum atomic E-state index is -3.47. The van der Waals surface area contributed by atoms with Gasteiger partial charge in [-0.15, -0.1) is 0 Å². The van der Waals surface area contributed by atoms with Crippen LogP contribution in [0.5, 0.6) is 0 Å². The third-order valence-electron chi connectivity index (χ3n) is 2.62. The van der Waals surface area contributed by atoms with Crippen molar-refractivity contribution < 1.29 is 13.2 Å². The second kappa shape index (κ2) is 8.69. The number of benzene rings is 1. The van der Waals surface area contributed by atoms with Gasteiger partial charge in [-0.05, 0) is 30.5 Å². The number of rotatable bonds is 9. The normalized spacial score (nSPS) is 11.2. The summed E-state index contributed by atoms with van der Waals surface area (Å²) >= 11 is 0. The first-order chi connectivity index (χ1) is 9.60. The summed E-state index contributed by atoms with van der Waals surface area (Å²) < 4.78 is 31.8. The van der Waals surface area contributed by atoms with Crippen molar-refractivity contribution in [3.63, 3.8) is 0 Å². The molecule has 0 aliphatic carbocycles. The maximum atomic E-state index is 12.0. The van der Waals surface area contributed by atoms with Crippen LogP contribution in [0.4, 0.5) is 0 Å². The summed E-state index contributed by atoms with van der Waals surface area (Å²) in [5.41, 5.74) is 0.805. The summed E-state index contributed by atoms with van der Waals surface area (Å²) in [6.45, 7) is 3.63. The van der Waals surface area contributed by atoms with Crippen LogP contribution in [0.2, 0.25) is 0 Å². The van der Waals surface area contributed by atoms with Crippen molar-refractivity contribution in [2.24, 2.45) is 0 Å². The average molecular weight is 296 g/mol. The topological polar surface area (TPSA) is 79.2 Å². The summed E-state index contributed by atoms with van der Waals surface area (Å²) in [7, 11) is -3.47. The molecule has 0 saturated carbocycles. The molecule has 0 unspecified atom stereocenters. The lowest BCUT2D eigenvalue weighted by Crippen LogP contribution is -2.25. The molecular weight excluding hydrogens is 276 g/mol. The van der Waals surface area contributed by atoms with E-state index < -0.39 is 10.0 Å². The molecular formula is C14H20N2O3S. The van der Waals surface area contributed by atoms with E-state index in [4.69, 9.17) is 10.00 Å². The highest BCUT2D eigenvalue weighted by Crippen LogP contribution is 2.10. The molecule has 5 nitrogen and oxygen atoms in total. The Balaban J connectivity index is 2.46. The number of sulfonamides is 1. The lowest BCUT2D eigenvalue weighted by atomic mass is 10.2. The molecule has 110 valence electrons. The highest BCUT2D eigenvalue weighted by molar-refractivity contribution is 7.89. The zero-order valence-electron chi connectivity index (χ0n) is 11.6. The molecule has 1 aromatic carbocycles. The van der Waals surface area contributed by atoms with Gasteiger partial charge in [-0.3, -0.25) is 0 Å². The first kappa shape index (κ1) is 16.6. The molecule has 0 aliphatic heterocycles. The van der Waals surface area contributed by atoms with Crippen molar-refractivity contribution in [3.8, 4) is 6.07 Å². The van der Waals surface area contributed by atoms with E-state index in [0.29, 0.717) is 26.2 Å². The minimum Gasteiger partial charge on any atom is -0.381 e. The summed E-state index contributed by atoms with van der Waals surface area (Å²) in [4.78, 5) is 0.216. The average Bonchev–Trinajstić information content (AvgIpc) is 2.44. The molecule has 20 heavy (non-hydrogen) atoms. The number of nitrogens with one attached hydrogen (secondary N) is 1. The van der Waals surface area contributed by atoms with Gasteiger partial charge in [0.2, 0.25) is 10.0 Å². The summed E-state index contributed by atoms with van der Waals surface area (Å²) in [5, 5.41) is 8.56. The number of nitriles is 1. The van der Waals surface area contributed by atoms with Crippen molar-refractivity contribution in [3.05, 3.63) is 29.8 Å². The Morgan fingerprint density at radius 3 is 2.55 bits per heavy atom. The smallest absolute Gasteiger partial charge is 0.240 e. The standard InChI is InChI=1S/C14H20N2O3S/c1-2-11-19-12-3-10-16-20(17,18)14-6-4-13(5-7-14)8-9-15/h4-7,16H,2-3,8,10-12H2,1H3. The van der Waals surface area contributed by atoms with Gasteiger partial charge in [-0.1, -0.05) is 19.1 Å². The first-order valence-electron chi connectivity index (χ1n) is 6.63. The second-order valence-corrected chi connectivity index (χ2v) is 6.11. The largest absolute Gasteiger partial charge is 0.381 e. The van der Waals surface area contributed by atoms with E-state index in [1.54, 1.807) is 12.1 Å². The molecule has 0 amide bonds. The van der Waals surface area contributed by atoms with Crippen LogP contribution in [-0.2, 0) is 21.2 Å². The molecule has 0 fully saturated rings. The maximum absolute atomic E-state index is 12.0. The van der Waals surface area contributed by atoms with E-state index in [2.05, 4.69) is 4.72 Å². The van der Waals surface area contributed by atoms with Gasteiger partial charge in [0.15, 0.2) is 0 Å². The highest BCUT2D eigenvalue weighted by Gasteiger charge is 2.12. The molecule has 1 N–H and O–H groups in total. The van der Waals surface area contributed by atoms with Crippen molar-refractivity contribution in [1.82, 2.24) is 4.72 Å². The van der Waals surface area contributed by atoms with Crippen LogP contribution in [0.1, 0.15) is 25.3 Å². The monoisotopic (exact) mass is 296 g/mol. The zero-order valence-corrected chi connectivity index (χ0v) is 12.4. The molecule has 1 aromatic rings. The number of ether oxygens (including phenoxy) is 1. The van der Waals surface area contributed by atoms with Crippen LogP contribution in [0.25, 0.3) is 0 Å². The van der Waals surface area contributed by atoms with Gasteiger partial charge in [-0.25, -0.2) is 13.1 Å². The SMILES string of the molecule is CCCOCCCNS(=O)(=O)c1ccc(CC#N)cc1. The second-order valence-electron chi connectivity index (χ2n) is 4.34. The van der Waals surface area contributed by atoms with Gasteiger partial charge in [0.25, 0.3) is 0 Å². The molecule has 0 bridgehead atoms. The van der Waals surface area contributed by atoms with Crippen LogP contribution in [0, 0.1) is 11.3 Å². The quantitative estimate of drug-likeness (QED) is 0.705. The van der Waals surface area contributed by atoms with Gasteiger partial charge in [0, 0.05) is 19.8 Å². The van der Waals surface area contributed by atoms with Crippen molar-refractivity contribution in [2.75, 3.05) is 19.8 Å². The van der Waals surface area contributed by atoms with E-state index in [-0.39, 0.29) is 11.3 Å². The summed E-state index contributed by atoms with van der Waals surface area (Å²) in [6.07, 6.45) is 1.88. The van der Waals surface area contributed by atoms with Gasteiger partial charge in [0.1, 0.15) is 0 Å². The minimum absolute atomic E-state index is 0.216. The Bertz CT molecular complexity index is 533. The molecule has 0 radical (unpaired) electrons. The van der Waals surface area contributed by atoms with Crippen LogP contribution < -0.4 is 4.72 Å². The zero-order chi connectivity index (χ0) is 14.8. The van der Waals surface area contributed by atoms with Crippen molar-refractivity contribution >= 4 is 10.0 Å². The predicted molar refractivity (Wildman–Crippen MR) is 76.7 cm³/mol. The van der Waals surface area contributed by atoms with Crippen molar-refractivity contribution in [2.45, 2.75) is 31.1 Å². The molecule has 0 heterocycles. The van der Waals surface area contributed by atoms with E-state index >= 15 is 0 Å². The lowest BCUT2D eigenvalue weighted by Gasteiger charge is -2.07. The summed E-state index contributed by atoms with van der Waals surface area (Å²) in [5.74, 6) is 0. The Morgan fingerprint density at radius 2 is 1.95 bits per heavy atom. The van der Waals surface area contributed by atoms with Crippen LogP contribution in [-0.4, -0.2) is 28.2 Å². The number of hydrogen-bond acceptors (Lipinski definition) is 4. The molecule has 0 aliphatic rings. The third kappa shape index (κ3) is 5.70. The van der Waals surface area contributed by atoms with Crippen LogP contribution in [0.3, 0.4) is 0 Å². The molecule has 0 atom stereocenters. The fourth-order valence-electron chi connectivity index (χ4n) is 1.59. The predicted octanol–water partition coefficient (Wildman–Crippen LogP) is 1.85. The number of hydrogen-bond donors (Lipinski definition) is 1. The first-order valence-corrected chi connectivity index (χ1v) is 8.11. The van der Waals surface area contributed by atoms with Crippen LogP contribution in [0.15, 0.2) is 29.2 Å². The number of nitrogens with zero attached hydrogens (tertiary/aromatic N) is 1. The third-order valence-corrected chi connectivity index (χ3v) is 4.10. The Kier molecular flexibility index (Phi) is 7.23. The van der Waals surface area contributed by atoms with Gasteiger partial charge >= 0.3 is 0 Å². The Hall–Kier alpha value is -1.42.